The van der Waals surface area contributed by atoms with Crippen LogP contribution in [0, 0.1) is 0 Å². The zero-order valence-corrected chi connectivity index (χ0v) is 11.9. The largest absolute Gasteiger partial charge is 0.294 e. The number of Topliss-reactive ketones (excluding diaryl/α,β-unsaturated/α-hetero) is 1. The van der Waals surface area contributed by atoms with E-state index < -0.39 is 0 Å². The molecule has 2 aromatic rings. The highest BCUT2D eigenvalue weighted by molar-refractivity contribution is 6.42. The summed E-state index contributed by atoms with van der Waals surface area (Å²) in [5.41, 5.74) is 1.76. The first kappa shape index (κ1) is 14.1. The minimum atomic E-state index is 0.166. The topological polar surface area (TPSA) is 17.1 Å². The first-order valence-electron chi connectivity index (χ1n) is 6.19. The summed E-state index contributed by atoms with van der Waals surface area (Å²) in [7, 11) is 0. The summed E-state index contributed by atoms with van der Waals surface area (Å²) in [4.78, 5) is 11.9. The van der Waals surface area contributed by atoms with Crippen LogP contribution in [0.4, 0.5) is 0 Å². The van der Waals surface area contributed by atoms with Crippen LogP contribution in [-0.4, -0.2) is 5.78 Å². The maximum atomic E-state index is 11.9. The number of benzene rings is 2. The lowest BCUT2D eigenvalue weighted by Gasteiger charge is -2.05. The lowest BCUT2D eigenvalue weighted by atomic mass is 10.0. The normalized spacial score (nSPS) is 10.4. The molecule has 0 heterocycles. The van der Waals surface area contributed by atoms with Crippen molar-refractivity contribution in [1.82, 2.24) is 0 Å². The highest BCUT2D eigenvalue weighted by atomic mass is 35.5. The van der Waals surface area contributed by atoms with Crippen LogP contribution >= 0.6 is 23.2 Å². The summed E-state index contributed by atoms with van der Waals surface area (Å²) in [6.07, 6.45) is 2.05. The smallest absolute Gasteiger partial charge is 0.162 e. The molecule has 1 nitrogen and oxygen atoms in total. The highest BCUT2D eigenvalue weighted by Crippen LogP contribution is 2.26. The fourth-order valence-electron chi connectivity index (χ4n) is 1.95. The van der Waals surface area contributed by atoms with Crippen molar-refractivity contribution in [1.29, 1.82) is 0 Å². The Balaban J connectivity index is 1.90. The van der Waals surface area contributed by atoms with Crippen molar-refractivity contribution in [2.24, 2.45) is 0 Å². The number of carbonyl (C=O) groups is 1. The Kier molecular flexibility index (Phi) is 5.00. The van der Waals surface area contributed by atoms with Gasteiger partial charge >= 0.3 is 0 Å². The molecule has 0 aliphatic rings. The number of rotatable bonds is 5. The third-order valence-electron chi connectivity index (χ3n) is 2.98. The number of aryl methyl sites for hydroxylation is 1. The summed E-state index contributed by atoms with van der Waals surface area (Å²) >= 11 is 12.1. The highest BCUT2D eigenvalue weighted by Gasteiger charge is 2.07. The lowest BCUT2D eigenvalue weighted by molar-refractivity contribution is 0.0980. The minimum absolute atomic E-state index is 0.166. The van der Waals surface area contributed by atoms with Gasteiger partial charge in [-0.15, -0.1) is 0 Å². The van der Waals surface area contributed by atoms with E-state index in [1.807, 2.05) is 42.5 Å². The van der Waals surface area contributed by atoms with E-state index in [2.05, 4.69) is 0 Å². The summed E-state index contributed by atoms with van der Waals surface area (Å²) in [6, 6.07) is 14.9. The second kappa shape index (κ2) is 6.74. The van der Waals surface area contributed by atoms with Gasteiger partial charge in [0.25, 0.3) is 0 Å². The maximum Gasteiger partial charge on any atom is 0.162 e. The van der Waals surface area contributed by atoms with Gasteiger partial charge < -0.3 is 0 Å². The number of halogens is 2. The molecule has 2 aromatic carbocycles. The molecule has 0 bridgehead atoms. The number of ketones is 1. The van der Waals surface area contributed by atoms with Crippen molar-refractivity contribution in [3.8, 4) is 0 Å². The van der Waals surface area contributed by atoms with E-state index in [1.165, 1.54) is 0 Å². The van der Waals surface area contributed by atoms with E-state index in [9.17, 15) is 4.79 Å². The Bertz CT molecular complexity index is 564. The monoisotopic (exact) mass is 292 g/mol. The molecular formula is C16H14Cl2O. The summed E-state index contributed by atoms with van der Waals surface area (Å²) < 4.78 is 0. The molecule has 0 aromatic heterocycles. The first-order chi connectivity index (χ1) is 9.18. The average Bonchev–Trinajstić information content (AvgIpc) is 2.44. The lowest BCUT2D eigenvalue weighted by Crippen LogP contribution is -1.99. The molecule has 2 rings (SSSR count). The predicted molar refractivity (Wildman–Crippen MR) is 80.2 cm³/mol. The van der Waals surface area contributed by atoms with Crippen LogP contribution in [0.2, 0.25) is 10.0 Å². The van der Waals surface area contributed by atoms with Crippen LogP contribution in [0.15, 0.2) is 48.5 Å². The third kappa shape index (κ3) is 3.82. The van der Waals surface area contributed by atoms with Crippen LogP contribution in [0.5, 0.6) is 0 Å². The van der Waals surface area contributed by atoms with Crippen LogP contribution in [0.25, 0.3) is 0 Å². The molecule has 0 aliphatic heterocycles. The third-order valence-corrected chi connectivity index (χ3v) is 3.84. The fraction of sp³-hybridized carbons (Fsp3) is 0.188. The van der Waals surface area contributed by atoms with Crippen LogP contribution in [-0.2, 0) is 6.42 Å². The van der Waals surface area contributed by atoms with Crippen molar-refractivity contribution in [2.75, 3.05) is 0 Å². The predicted octanol–water partition coefficient (Wildman–Crippen LogP) is 5.20. The minimum Gasteiger partial charge on any atom is -0.294 e. The molecule has 0 saturated carbocycles. The molecule has 98 valence electrons. The molecule has 0 aliphatic carbocycles. The number of hydrogen-bond donors (Lipinski definition) is 0. The Morgan fingerprint density at radius 2 is 1.68 bits per heavy atom. The summed E-state index contributed by atoms with van der Waals surface area (Å²) in [5, 5.41) is 1.16. The molecule has 0 saturated heterocycles. The molecule has 0 spiro atoms. The molecule has 0 fully saturated rings. The SMILES string of the molecule is O=C(CCCc1cccc(Cl)c1Cl)c1ccccc1. The van der Waals surface area contributed by atoms with Gasteiger partial charge in [0.05, 0.1) is 10.0 Å². The maximum absolute atomic E-state index is 11.9. The molecule has 0 N–H and O–H groups in total. The van der Waals surface area contributed by atoms with Crippen molar-refractivity contribution in [3.63, 3.8) is 0 Å². The number of hydrogen-bond acceptors (Lipinski definition) is 1. The van der Waals surface area contributed by atoms with E-state index in [4.69, 9.17) is 23.2 Å². The van der Waals surface area contributed by atoms with Gasteiger partial charge in [0.15, 0.2) is 5.78 Å². The van der Waals surface area contributed by atoms with E-state index in [0.29, 0.717) is 16.5 Å². The standard InChI is InChI=1S/C16H14Cl2O/c17-14-10-4-8-13(16(14)18)9-5-11-15(19)12-6-2-1-3-7-12/h1-4,6-8,10H,5,9,11H2. The first-order valence-corrected chi connectivity index (χ1v) is 6.95. The Hall–Kier alpha value is -1.31. The molecular weight excluding hydrogens is 279 g/mol. The van der Waals surface area contributed by atoms with Crippen LogP contribution in [0.3, 0.4) is 0 Å². The average molecular weight is 293 g/mol. The van der Waals surface area contributed by atoms with Gasteiger partial charge in [-0.3, -0.25) is 4.79 Å². The van der Waals surface area contributed by atoms with Crippen molar-refractivity contribution in [3.05, 3.63) is 69.7 Å². The van der Waals surface area contributed by atoms with Gasteiger partial charge in [0.1, 0.15) is 0 Å². The molecule has 0 atom stereocenters. The molecule has 19 heavy (non-hydrogen) atoms. The van der Waals surface area contributed by atoms with Crippen molar-refractivity contribution < 1.29 is 4.79 Å². The Labute approximate surface area is 123 Å². The van der Waals surface area contributed by atoms with Gasteiger partial charge in [-0.2, -0.15) is 0 Å². The van der Waals surface area contributed by atoms with E-state index in [0.717, 1.165) is 24.0 Å². The van der Waals surface area contributed by atoms with Gasteiger partial charge in [-0.05, 0) is 24.5 Å². The van der Waals surface area contributed by atoms with E-state index >= 15 is 0 Å². The van der Waals surface area contributed by atoms with E-state index in [1.54, 1.807) is 6.07 Å². The summed E-state index contributed by atoms with van der Waals surface area (Å²) in [5.74, 6) is 0.166. The van der Waals surface area contributed by atoms with Crippen molar-refractivity contribution in [2.45, 2.75) is 19.3 Å². The zero-order valence-electron chi connectivity index (χ0n) is 10.4. The zero-order chi connectivity index (χ0) is 13.7. The molecule has 0 radical (unpaired) electrons. The second-order valence-electron chi connectivity index (χ2n) is 4.36. The van der Waals surface area contributed by atoms with Gasteiger partial charge in [-0.1, -0.05) is 65.7 Å². The molecule has 3 heteroatoms. The van der Waals surface area contributed by atoms with Gasteiger partial charge in [0, 0.05) is 12.0 Å². The Morgan fingerprint density at radius 1 is 0.947 bits per heavy atom. The fourth-order valence-corrected chi connectivity index (χ4v) is 2.36. The summed E-state index contributed by atoms with van der Waals surface area (Å²) in [6.45, 7) is 0. The molecule has 0 amide bonds. The van der Waals surface area contributed by atoms with E-state index in [-0.39, 0.29) is 5.78 Å². The Morgan fingerprint density at radius 3 is 2.42 bits per heavy atom. The molecule has 0 unspecified atom stereocenters. The number of carbonyl (C=O) groups excluding carboxylic acids is 1. The van der Waals surface area contributed by atoms with Crippen LogP contribution < -0.4 is 0 Å². The van der Waals surface area contributed by atoms with Gasteiger partial charge in [0.2, 0.25) is 0 Å². The second-order valence-corrected chi connectivity index (χ2v) is 5.14. The quantitative estimate of drug-likeness (QED) is 0.692. The van der Waals surface area contributed by atoms with Crippen LogP contribution in [0.1, 0.15) is 28.8 Å². The van der Waals surface area contributed by atoms with Crippen molar-refractivity contribution >= 4 is 29.0 Å². The van der Waals surface area contributed by atoms with Gasteiger partial charge in [-0.25, -0.2) is 0 Å².